The minimum absolute atomic E-state index is 0.135. The zero-order chi connectivity index (χ0) is 11.4. The monoisotopic (exact) mass is 241 g/mol. The van der Waals surface area contributed by atoms with Crippen LogP contribution in [0, 0.1) is 11.7 Å². The number of benzene rings is 1. The molecule has 2 nitrogen and oxygen atoms in total. The molecule has 0 atom stereocenters. The van der Waals surface area contributed by atoms with E-state index in [-0.39, 0.29) is 12.4 Å². The molecule has 1 N–H and O–H groups in total. The molecule has 4 heteroatoms. The SMILES string of the molecule is OCC1CN(CCSc2ccccc2F)C1. The molecule has 0 aromatic heterocycles. The highest BCUT2D eigenvalue weighted by Gasteiger charge is 2.24. The van der Waals surface area contributed by atoms with Gasteiger partial charge in [0.15, 0.2) is 0 Å². The van der Waals surface area contributed by atoms with E-state index in [1.54, 1.807) is 17.8 Å². The number of aliphatic hydroxyl groups is 1. The highest BCUT2D eigenvalue weighted by atomic mass is 32.2. The Kier molecular flexibility index (Phi) is 4.21. The van der Waals surface area contributed by atoms with Gasteiger partial charge in [0.1, 0.15) is 5.82 Å². The van der Waals surface area contributed by atoms with E-state index in [4.69, 9.17) is 5.11 Å². The molecule has 0 unspecified atom stereocenters. The third-order valence-electron chi connectivity index (χ3n) is 2.79. The molecule has 16 heavy (non-hydrogen) atoms. The molecule has 1 saturated heterocycles. The standard InChI is InChI=1S/C12H16FNOS/c13-11-3-1-2-4-12(11)16-6-5-14-7-10(8-14)9-15/h1-4,10,15H,5-9H2. The Hall–Kier alpha value is -0.580. The van der Waals surface area contributed by atoms with E-state index in [1.165, 1.54) is 6.07 Å². The van der Waals surface area contributed by atoms with Crippen molar-refractivity contribution in [2.75, 3.05) is 32.0 Å². The maximum Gasteiger partial charge on any atom is 0.136 e. The Morgan fingerprint density at radius 2 is 2.12 bits per heavy atom. The smallest absolute Gasteiger partial charge is 0.136 e. The van der Waals surface area contributed by atoms with Crippen molar-refractivity contribution in [3.63, 3.8) is 0 Å². The second-order valence-electron chi connectivity index (χ2n) is 4.09. The number of nitrogens with zero attached hydrogens (tertiary/aromatic N) is 1. The zero-order valence-electron chi connectivity index (χ0n) is 9.10. The molecular weight excluding hydrogens is 225 g/mol. The van der Waals surface area contributed by atoms with Crippen LogP contribution in [0.2, 0.25) is 0 Å². The maximum atomic E-state index is 13.3. The molecule has 0 spiro atoms. The van der Waals surface area contributed by atoms with Gasteiger partial charge in [0.25, 0.3) is 0 Å². The van der Waals surface area contributed by atoms with Gasteiger partial charge in [-0.05, 0) is 12.1 Å². The molecule has 1 aromatic carbocycles. The lowest BCUT2D eigenvalue weighted by Crippen LogP contribution is -2.48. The number of hydrogen-bond donors (Lipinski definition) is 1. The topological polar surface area (TPSA) is 23.5 Å². The molecule has 0 radical (unpaired) electrons. The van der Waals surface area contributed by atoms with Crippen LogP contribution in [-0.4, -0.2) is 42.0 Å². The van der Waals surface area contributed by atoms with Gasteiger partial charge in [-0.25, -0.2) is 4.39 Å². The third-order valence-corrected chi connectivity index (χ3v) is 3.82. The van der Waals surface area contributed by atoms with E-state index in [2.05, 4.69) is 4.90 Å². The van der Waals surface area contributed by atoms with E-state index in [0.29, 0.717) is 5.92 Å². The number of likely N-dealkylation sites (tertiary alicyclic amines) is 1. The molecule has 1 aliphatic rings. The average Bonchev–Trinajstić information content (AvgIpc) is 2.24. The summed E-state index contributed by atoms with van der Waals surface area (Å²) < 4.78 is 13.3. The van der Waals surface area contributed by atoms with Gasteiger partial charge in [-0.15, -0.1) is 11.8 Å². The Morgan fingerprint density at radius 1 is 1.38 bits per heavy atom. The van der Waals surface area contributed by atoms with Crippen molar-refractivity contribution >= 4 is 11.8 Å². The lowest BCUT2D eigenvalue weighted by molar-refractivity contribution is 0.0595. The zero-order valence-corrected chi connectivity index (χ0v) is 9.92. The van der Waals surface area contributed by atoms with Crippen molar-refractivity contribution in [2.24, 2.45) is 5.92 Å². The van der Waals surface area contributed by atoms with Gasteiger partial charge in [-0.2, -0.15) is 0 Å². The Bertz CT molecular complexity index is 342. The van der Waals surface area contributed by atoms with Crippen molar-refractivity contribution in [1.29, 1.82) is 0 Å². The summed E-state index contributed by atoms with van der Waals surface area (Å²) in [5.74, 6) is 1.22. The van der Waals surface area contributed by atoms with Crippen LogP contribution in [0.3, 0.4) is 0 Å². The van der Waals surface area contributed by atoms with E-state index in [1.807, 2.05) is 12.1 Å². The minimum atomic E-state index is -0.135. The fourth-order valence-corrected chi connectivity index (χ4v) is 2.77. The molecule has 1 aromatic rings. The van der Waals surface area contributed by atoms with Gasteiger partial charge in [0.05, 0.1) is 0 Å². The van der Waals surface area contributed by atoms with Gasteiger partial charge in [0, 0.05) is 42.8 Å². The van der Waals surface area contributed by atoms with Crippen LogP contribution in [-0.2, 0) is 0 Å². The lowest BCUT2D eigenvalue weighted by atomic mass is 10.0. The van der Waals surface area contributed by atoms with Crippen molar-refractivity contribution in [1.82, 2.24) is 4.90 Å². The average molecular weight is 241 g/mol. The summed E-state index contributed by atoms with van der Waals surface area (Å²) in [6.45, 7) is 3.22. The van der Waals surface area contributed by atoms with Crippen molar-refractivity contribution < 1.29 is 9.50 Å². The maximum absolute atomic E-state index is 13.3. The molecule has 2 rings (SSSR count). The third kappa shape index (κ3) is 2.97. The number of thioether (sulfide) groups is 1. The molecular formula is C12H16FNOS. The summed E-state index contributed by atoms with van der Waals surface area (Å²) in [5, 5.41) is 8.86. The second kappa shape index (κ2) is 5.66. The van der Waals surface area contributed by atoms with Gasteiger partial charge in [0.2, 0.25) is 0 Å². The Balaban J connectivity index is 1.67. The fourth-order valence-electron chi connectivity index (χ4n) is 1.82. The first-order valence-corrected chi connectivity index (χ1v) is 6.48. The number of aliphatic hydroxyl groups excluding tert-OH is 1. The van der Waals surface area contributed by atoms with Crippen LogP contribution in [0.4, 0.5) is 4.39 Å². The van der Waals surface area contributed by atoms with Crippen LogP contribution in [0.15, 0.2) is 29.2 Å². The first-order valence-electron chi connectivity index (χ1n) is 5.50. The summed E-state index contributed by atoms with van der Waals surface area (Å²) in [5.41, 5.74) is 0. The first-order chi connectivity index (χ1) is 7.79. The van der Waals surface area contributed by atoms with Gasteiger partial charge in [-0.3, -0.25) is 0 Å². The molecule has 0 aliphatic carbocycles. The summed E-state index contributed by atoms with van der Waals surface area (Å²) >= 11 is 1.55. The van der Waals surface area contributed by atoms with Crippen LogP contribution in [0.5, 0.6) is 0 Å². The van der Waals surface area contributed by atoms with Crippen LogP contribution < -0.4 is 0 Å². The van der Waals surface area contributed by atoms with Crippen molar-refractivity contribution in [2.45, 2.75) is 4.90 Å². The van der Waals surface area contributed by atoms with Crippen molar-refractivity contribution in [3.05, 3.63) is 30.1 Å². The van der Waals surface area contributed by atoms with E-state index in [0.717, 1.165) is 30.3 Å². The molecule has 1 heterocycles. The second-order valence-corrected chi connectivity index (χ2v) is 5.22. The normalized spacial score (nSPS) is 17.4. The quantitative estimate of drug-likeness (QED) is 0.796. The predicted octanol–water partition coefficient (Wildman–Crippen LogP) is 1.84. The van der Waals surface area contributed by atoms with E-state index in [9.17, 15) is 4.39 Å². The summed E-state index contributed by atoms with van der Waals surface area (Å²) in [6.07, 6.45) is 0. The Labute approximate surface area is 99.5 Å². The predicted molar refractivity (Wildman–Crippen MR) is 64.1 cm³/mol. The number of halogens is 1. The molecule has 1 fully saturated rings. The molecule has 1 aliphatic heterocycles. The minimum Gasteiger partial charge on any atom is -0.396 e. The van der Waals surface area contributed by atoms with Crippen molar-refractivity contribution in [3.8, 4) is 0 Å². The molecule has 88 valence electrons. The summed E-state index contributed by atoms with van der Waals surface area (Å²) in [7, 11) is 0. The number of rotatable bonds is 5. The van der Waals surface area contributed by atoms with E-state index < -0.39 is 0 Å². The van der Waals surface area contributed by atoms with Crippen LogP contribution >= 0.6 is 11.8 Å². The first kappa shape index (κ1) is 11.9. The summed E-state index contributed by atoms with van der Waals surface area (Å²) in [4.78, 5) is 3.01. The van der Waals surface area contributed by atoms with Crippen LogP contribution in [0.1, 0.15) is 0 Å². The molecule has 0 saturated carbocycles. The fraction of sp³-hybridized carbons (Fsp3) is 0.500. The number of hydrogen-bond acceptors (Lipinski definition) is 3. The highest BCUT2D eigenvalue weighted by Crippen LogP contribution is 2.22. The molecule has 0 bridgehead atoms. The largest absolute Gasteiger partial charge is 0.396 e. The summed E-state index contributed by atoms with van der Waals surface area (Å²) in [6, 6.07) is 6.87. The van der Waals surface area contributed by atoms with Crippen LogP contribution in [0.25, 0.3) is 0 Å². The Morgan fingerprint density at radius 3 is 2.81 bits per heavy atom. The van der Waals surface area contributed by atoms with Gasteiger partial charge in [-0.1, -0.05) is 12.1 Å². The lowest BCUT2D eigenvalue weighted by Gasteiger charge is -2.38. The van der Waals surface area contributed by atoms with E-state index >= 15 is 0 Å². The molecule has 0 amide bonds. The highest BCUT2D eigenvalue weighted by molar-refractivity contribution is 7.99. The van der Waals surface area contributed by atoms with Gasteiger partial charge >= 0.3 is 0 Å². The van der Waals surface area contributed by atoms with Gasteiger partial charge < -0.3 is 10.0 Å².